The second-order valence-electron chi connectivity index (χ2n) is 32.8. The number of nitrogens with two attached hydrogens (primary N) is 4. The first-order valence-corrected chi connectivity index (χ1v) is 51.1. The highest BCUT2D eigenvalue weighted by Crippen LogP contribution is 2.28. The van der Waals surface area contributed by atoms with Crippen LogP contribution < -0.4 is 140 Å². The number of aliphatic hydroxyl groups excluding tert-OH is 1. The summed E-state index contributed by atoms with van der Waals surface area (Å²) in [5.41, 5.74) is 22.8. The molecule has 0 unspecified atom stereocenters. The number of hydrogen-bond donors (Lipinski definition) is 31. The lowest BCUT2D eigenvalue weighted by atomic mass is 9.97. The summed E-state index contributed by atoms with van der Waals surface area (Å²) >= 11 is 0. The molecule has 5 rings (SSSR count). The standard InChI is InChI=1S/C79H130N30O19S6/c1-9-39(6)58-74(127)106-54-36-134-131-33-51(104-66(119)48(28-42-17-11-10-12-18-42)95-55(111)29-92-62(115)44(20-14-24-89-77(82)83)99-75(128)59(41(8)110)109-72(54)125)69(122)98-46(22-16-26-91-79(86)87)64(117)102-52-34-132-133-35-53(71(124)108-58)101-60(113)40(7)94-67(120)49-31-129-130-32-50(103-65(118)47(27-37(2)3)100-70(52)123)68(121)97-45(21-15-25-90-78(84)85)63(116)96-43(19-13-23-88-76(80)81)61(114)93-30-56(112)107-57(38(4)5)73(126)105-49/h10-12,17-18,37-41,43-54,57-59,110H,9,13-16,19-36H2,1-8H3,(H,92,115)(H,93,114)(H,94,120)(H,95,111)(H,96,116)(H,97,121)(H,98,122)(H,99,128)(H,100,123)(H,101,113)(H,102,117)(H,103,118)(H,104,119)(H,105,126)(H,106,127)(H,107,112)(H,108,124)(H,109,125)(H4,80,81,88)(H4,82,83,89)(H4,84,85,90)(H4,86,87,91)/t39-,40-,41+,43-,44-,45-,46-,47-,48-,49-,50-,51-,52-,53-,54-,57-,58-,59-/m0/s1. The van der Waals surface area contributed by atoms with Crippen molar-refractivity contribution in [3.05, 3.63) is 35.9 Å². The minimum Gasteiger partial charge on any atom is -0.391 e. The smallest absolute Gasteiger partial charge is 0.245 e. The SMILES string of the molecule is CC[C@H](C)[C@@H]1NC(=O)[C@@H]2CSSC[C@H](NC(=O)[C@H](CCCNC(=N)N)NC(=O)[C@@H]3CSSC[C@H](NC1=O)C(=O)N[C@@H]([C@@H](C)O)C(=O)N[C@@H](CCCNC(=N)N)C(=O)NCC(=O)N[C@@H](Cc1ccccc1)C(=O)N3)C(=O)N[C@@H](CC(C)C)C(=O)N[C@H]1CSSC[C@H](NC(=O)[C@H](C(C)C)NC(=O)CNC(=O)[C@H](CCCNC(=N)N)NC(=O)[C@H](CCCNC(=N)N)NC1=O)C(=O)N[C@@H](C)C(=O)N2. The summed E-state index contributed by atoms with van der Waals surface area (Å²) in [6, 6.07) is -18.2. The Morgan fingerprint density at radius 2 is 0.657 bits per heavy atom. The van der Waals surface area contributed by atoms with E-state index in [4.69, 9.17) is 44.6 Å². The first-order valence-electron chi connectivity index (χ1n) is 43.6. The van der Waals surface area contributed by atoms with Crippen LogP contribution in [0.25, 0.3) is 0 Å². The predicted octanol–water partition coefficient (Wildman–Crippen LogP) is -8.38. The molecule has 55 heteroatoms. The fourth-order valence-corrected chi connectivity index (χ4v) is 20.3. The average molecular weight is 2000 g/mol. The maximum atomic E-state index is 15.6. The maximum Gasteiger partial charge on any atom is 0.245 e. The van der Waals surface area contributed by atoms with Crippen molar-refractivity contribution in [3.63, 3.8) is 0 Å². The number of benzene rings is 1. The quantitative estimate of drug-likeness (QED) is 0.0198. The van der Waals surface area contributed by atoms with Crippen LogP contribution in [0.4, 0.5) is 0 Å². The number of nitrogens with one attached hydrogen (secondary N) is 26. The van der Waals surface area contributed by atoms with Gasteiger partial charge in [-0.2, -0.15) is 0 Å². The van der Waals surface area contributed by atoms with Crippen molar-refractivity contribution in [2.45, 2.75) is 229 Å². The van der Waals surface area contributed by atoms with Crippen LogP contribution in [0, 0.1) is 39.4 Å². The van der Waals surface area contributed by atoms with Crippen LogP contribution in [0.5, 0.6) is 0 Å². The van der Waals surface area contributed by atoms with Gasteiger partial charge in [-0.1, -0.05) is 143 Å². The van der Waals surface area contributed by atoms with Crippen molar-refractivity contribution in [2.75, 3.05) is 73.8 Å². The van der Waals surface area contributed by atoms with E-state index < -0.39 is 298 Å². The molecule has 0 aliphatic carbocycles. The molecule has 1 aromatic carbocycles. The predicted molar refractivity (Wildman–Crippen MR) is 510 cm³/mol. The Labute approximate surface area is 799 Å². The van der Waals surface area contributed by atoms with E-state index in [1.54, 1.807) is 71.9 Å². The fourth-order valence-electron chi connectivity index (χ4n) is 13.3. The number of carbonyl (C=O) groups is 18. The number of amides is 18. The molecule has 0 spiro atoms. The lowest BCUT2D eigenvalue weighted by Gasteiger charge is -2.30. The molecule has 6 bridgehead atoms. The van der Waals surface area contributed by atoms with Crippen molar-refractivity contribution >= 4 is 195 Å². The van der Waals surface area contributed by atoms with Gasteiger partial charge in [0.05, 0.1) is 19.2 Å². The van der Waals surface area contributed by atoms with Crippen LogP contribution >= 0.6 is 64.8 Å². The third kappa shape index (κ3) is 40.9. The van der Waals surface area contributed by atoms with Gasteiger partial charge in [0.1, 0.15) is 96.7 Å². The number of aliphatic hydroxyl groups is 1. The minimum atomic E-state index is -1.91. The van der Waals surface area contributed by atoms with Gasteiger partial charge in [0.15, 0.2) is 23.8 Å². The number of carbonyl (C=O) groups excluding carboxylic acids is 18. The van der Waals surface area contributed by atoms with Crippen LogP contribution in [0.2, 0.25) is 0 Å². The zero-order chi connectivity index (χ0) is 99.4. The van der Waals surface area contributed by atoms with Crippen LogP contribution in [0.3, 0.4) is 0 Å². The van der Waals surface area contributed by atoms with E-state index in [1.807, 2.05) is 0 Å². The molecule has 49 nitrogen and oxygen atoms in total. The number of guanidine groups is 4. The minimum absolute atomic E-state index is 0.00478. The lowest BCUT2D eigenvalue weighted by molar-refractivity contribution is -0.137. The highest BCUT2D eigenvalue weighted by Gasteiger charge is 2.42. The van der Waals surface area contributed by atoms with Crippen molar-refractivity contribution in [2.24, 2.45) is 40.7 Å². The zero-order valence-corrected chi connectivity index (χ0v) is 80.7. The highest BCUT2D eigenvalue weighted by molar-refractivity contribution is 8.77. The van der Waals surface area contributed by atoms with Gasteiger partial charge in [-0.15, -0.1) is 0 Å². The van der Waals surface area contributed by atoms with Gasteiger partial charge in [0.2, 0.25) is 106 Å². The maximum absolute atomic E-state index is 15.6. The Bertz CT molecular complexity index is 4290. The third-order valence-corrected chi connectivity index (χ3v) is 28.2. The number of hydrogen-bond acceptors (Lipinski definition) is 29. The van der Waals surface area contributed by atoms with Crippen molar-refractivity contribution in [1.29, 1.82) is 21.6 Å². The summed E-state index contributed by atoms with van der Waals surface area (Å²) in [6.07, 6.45) is -2.94. The molecule has 35 N–H and O–H groups in total. The van der Waals surface area contributed by atoms with Crippen LogP contribution in [0.15, 0.2) is 30.3 Å². The molecule has 0 aromatic heterocycles. The van der Waals surface area contributed by atoms with E-state index in [-0.39, 0.29) is 96.8 Å². The van der Waals surface area contributed by atoms with E-state index in [0.29, 0.717) is 5.56 Å². The molecular formula is C79H130N30O19S6. The van der Waals surface area contributed by atoms with Gasteiger partial charge in [-0.05, 0) is 95.0 Å². The average Bonchev–Trinajstić information content (AvgIpc) is 0.848. The molecule has 4 heterocycles. The third-order valence-electron chi connectivity index (χ3n) is 20.9. The van der Waals surface area contributed by atoms with E-state index in [0.717, 1.165) is 71.7 Å². The summed E-state index contributed by atoms with van der Waals surface area (Å²) < 4.78 is 0. The molecule has 4 fully saturated rings. The Hall–Kier alpha value is -11.2. The molecule has 18 amide bonds. The Morgan fingerprint density at radius 1 is 0.358 bits per heavy atom. The molecule has 746 valence electrons. The summed E-state index contributed by atoms with van der Waals surface area (Å²) in [5, 5.41) is 99.6. The first-order chi connectivity index (χ1) is 63.4. The molecule has 0 radical (unpaired) electrons. The normalized spacial score (nSPS) is 26.7. The molecule has 134 heavy (non-hydrogen) atoms. The monoisotopic (exact) mass is 1990 g/mol. The van der Waals surface area contributed by atoms with Crippen LogP contribution in [0.1, 0.15) is 125 Å². The molecule has 0 saturated carbocycles. The van der Waals surface area contributed by atoms with Gasteiger partial charge in [0.25, 0.3) is 0 Å². The van der Waals surface area contributed by atoms with Crippen molar-refractivity contribution in [1.82, 2.24) is 117 Å². The van der Waals surface area contributed by atoms with Crippen molar-refractivity contribution in [3.8, 4) is 0 Å². The number of rotatable bonds is 24. The summed E-state index contributed by atoms with van der Waals surface area (Å²) in [5.74, 6) is -25.2. The van der Waals surface area contributed by atoms with Crippen molar-refractivity contribution < 1.29 is 91.4 Å². The second-order valence-corrected chi connectivity index (χ2v) is 40.5. The fraction of sp³-hybridized carbons (Fsp3) is 0.646. The van der Waals surface area contributed by atoms with E-state index in [9.17, 15) is 48.3 Å². The Kier molecular flexibility index (Phi) is 49.8. The molecule has 4 aliphatic heterocycles. The van der Waals surface area contributed by atoms with Gasteiger partial charge in [-0.3, -0.25) is 108 Å². The lowest BCUT2D eigenvalue weighted by Crippen LogP contribution is -2.63. The van der Waals surface area contributed by atoms with Gasteiger partial charge < -0.3 is 145 Å². The van der Waals surface area contributed by atoms with Gasteiger partial charge in [0, 0.05) is 67.1 Å². The molecule has 4 aliphatic rings. The van der Waals surface area contributed by atoms with Gasteiger partial charge >= 0.3 is 0 Å². The summed E-state index contributed by atoms with van der Waals surface area (Å²) in [6.45, 7) is 10.3. The Balaban J connectivity index is 1.80. The molecule has 1 aromatic rings. The highest BCUT2D eigenvalue weighted by atomic mass is 33.1. The molecule has 18 atom stereocenters. The Morgan fingerprint density at radius 3 is 1.03 bits per heavy atom. The topological polar surface area (TPSA) is 792 Å². The van der Waals surface area contributed by atoms with E-state index in [1.165, 1.54) is 6.92 Å². The van der Waals surface area contributed by atoms with E-state index in [2.05, 4.69) is 117 Å². The summed E-state index contributed by atoms with van der Waals surface area (Å²) in [4.78, 5) is 268. The van der Waals surface area contributed by atoms with E-state index >= 15 is 43.2 Å². The second kappa shape index (κ2) is 58.9. The number of fused-ring (bicyclic) bond motifs is 15. The largest absolute Gasteiger partial charge is 0.391 e. The molecular weight excluding hydrogens is 1870 g/mol. The first kappa shape index (κ1) is 113. The van der Waals surface area contributed by atoms with Crippen LogP contribution in [-0.4, -0.2) is 312 Å². The summed E-state index contributed by atoms with van der Waals surface area (Å²) in [7, 11) is 4.94. The molecule has 4 saturated heterocycles. The zero-order valence-electron chi connectivity index (χ0n) is 75.8. The van der Waals surface area contributed by atoms with Crippen LogP contribution in [-0.2, 0) is 92.7 Å². The van der Waals surface area contributed by atoms with Gasteiger partial charge in [-0.25, -0.2) is 0 Å².